The maximum atomic E-state index is 9.45. The van der Waals surface area contributed by atoms with Crippen LogP contribution < -0.4 is 5.32 Å². The fourth-order valence-electron chi connectivity index (χ4n) is 5.25. The minimum Gasteiger partial charge on any atom is -0.312 e. The Morgan fingerprint density at radius 2 is 2.13 bits per heavy atom. The minimum absolute atomic E-state index is 0.0729. The molecule has 4 rings (SSSR count). The van der Waals surface area contributed by atoms with Crippen molar-refractivity contribution < 1.29 is 0 Å². The lowest BCUT2D eigenvalue weighted by molar-refractivity contribution is 0.243. The Morgan fingerprint density at radius 1 is 1.33 bits per heavy atom. The third-order valence-corrected chi connectivity index (χ3v) is 7.65. The van der Waals surface area contributed by atoms with Gasteiger partial charge in [-0.25, -0.2) is 0 Å². The molecule has 1 saturated carbocycles. The summed E-state index contributed by atoms with van der Waals surface area (Å²) in [4.78, 5) is 4.45. The number of pyridine rings is 1. The number of nitriles is 1. The van der Waals surface area contributed by atoms with Gasteiger partial charge in [-0.05, 0) is 36.0 Å². The zero-order valence-electron chi connectivity index (χ0n) is 17.9. The molecule has 0 aliphatic heterocycles. The van der Waals surface area contributed by atoms with Gasteiger partial charge in [-0.3, -0.25) is 10.1 Å². The van der Waals surface area contributed by atoms with E-state index in [-0.39, 0.29) is 28.7 Å². The molecule has 0 amide bonds. The van der Waals surface area contributed by atoms with E-state index in [0.29, 0.717) is 5.56 Å². The second kappa shape index (κ2) is 7.33. The van der Waals surface area contributed by atoms with Crippen LogP contribution in [-0.2, 0) is 6.54 Å². The Kier molecular flexibility index (Phi) is 4.95. The van der Waals surface area contributed by atoms with Crippen molar-refractivity contribution in [2.45, 2.75) is 46.2 Å². The summed E-state index contributed by atoms with van der Waals surface area (Å²) in [7, 11) is 0. The van der Waals surface area contributed by atoms with Gasteiger partial charge < -0.3 is 10.7 Å². The molecular weight excluding hydrogens is 372 g/mol. The third kappa shape index (κ3) is 2.93. The topological polar surface area (TPSA) is 101 Å². The number of hydrogen-bond donors (Lipinski definition) is 3. The molecule has 3 N–H and O–H groups in total. The summed E-state index contributed by atoms with van der Waals surface area (Å²) in [6.07, 6.45) is 4.96. The fourth-order valence-corrected chi connectivity index (χ4v) is 5.25. The van der Waals surface area contributed by atoms with Crippen LogP contribution in [0.1, 0.15) is 50.4 Å². The summed E-state index contributed by atoms with van der Waals surface area (Å²) in [6.45, 7) is 9.54. The second-order valence-corrected chi connectivity index (χ2v) is 8.94. The van der Waals surface area contributed by atoms with Crippen molar-refractivity contribution in [1.82, 2.24) is 20.5 Å². The van der Waals surface area contributed by atoms with Gasteiger partial charge >= 0.3 is 0 Å². The van der Waals surface area contributed by atoms with Crippen LogP contribution in [0.4, 0.5) is 0 Å². The minimum atomic E-state index is -0.312. The van der Waals surface area contributed by atoms with Crippen LogP contribution in [0, 0.1) is 33.5 Å². The molecule has 0 spiro atoms. The van der Waals surface area contributed by atoms with Crippen LogP contribution in [0.15, 0.2) is 42.7 Å². The molecule has 2 heterocycles. The molecule has 0 bridgehead atoms. The number of aromatic nitrogens is 3. The number of benzene rings is 1. The van der Waals surface area contributed by atoms with Gasteiger partial charge in [0.25, 0.3) is 0 Å². The van der Waals surface area contributed by atoms with Crippen LogP contribution in [-0.4, -0.2) is 27.4 Å². The molecule has 30 heavy (non-hydrogen) atoms. The summed E-state index contributed by atoms with van der Waals surface area (Å²) in [5, 5.41) is 29.5. The predicted octanol–water partition coefficient (Wildman–Crippen LogP) is 4.40. The average Bonchev–Trinajstić information content (AvgIpc) is 3.06. The normalized spacial score (nSPS) is 27.4. The SMILES string of the molecule is C[C@H]([C@@H](C)NCc1ccc2cccnc2c1)C1(C)C(c2[nH]ncc2C#N)[C@@]1(C)C=N. The van der Waals surface area contributed by atoms with Gasteiger partial charge in [0.15, 0.2) is 0 Å². The van der Waals surface area contributed by atoms with Gasteiger partial charge in [-0.1, -0.05) is 39.0 Å². The second-order valence-electron chi connectivity index (χ2n) is 8.94. The highest BCUT2D eigenvalue weighted by molar-refractivity contribution is 5.78. The van der Waals surface area contributed by atoms with E-state index < -0.39 is 0 Å². The first-order valence-electron chi connectivity index (χ1n) is 10.4. The van der Waals surface area contributed by atoms with E-state index in [0.717, 1.165) is 23.1 Å². The lowest BCUT2D eigenvalue weighted by atomic mass is 9.80. The van der Waals surface area contributed by atoms with Crippen LogP contribution in [0.3, 0.4) is 0 Å². The zero-order chi connectivity index (χ0) is 21.5. The number of nitrogens with zero attached hydrogens (tertiary/aromatic N) is 3. The number of hydrogen-bond acceptors (Lipinski definition) is 5. The molecule has 6 nitrogen and oxygen atoms in total. The van der Waals surface area contributed by atoms with Gasteiger partial charge in [0.1, 0.15) is 6.07 Å². The van der Waals surface area contributed by atoms with E-state index >= 15 is 0 Å². The number of H-pyrrole nitrogens is 1. The van der Waals surface area contributed by atoms with Crippen LogP contribution in [0.2, 0.25) is 0 Å². The molecular formula is C24H28N6. The summed E-state index contributed by atoms with van der Waals surface area (Å²) in [5.41, 5.74) is 3.18. The lowest BCUT2D eigenvalue weighted by Gasteiger charge is -2.30. The van der Waals surface area contributed by atoms with Crippen molar-refractivity contribution in [3.63, 3.8) is 0 Å². The standard InChI is InChI=1S/C24H28N6/c1-15(16(2)28-12-17-7-8-18-6-5-9-27-20(18)10-17)24(4)22(23(24,3)14-26)21-19(11-25)13-29-30-21/h5-10,13-16,22,26,28H,12H2,1-4H3,(H,29,30)/t15-,16-,22?,23-,24?/m1/s1. The summed E-state index contributed by atoms with van der Waals surface area (Å²) in [5.74, 6) is 0.353. The van der Waals surface area contributed by atoms with E-state index in [9.17, 15) is 5.26 Å². The molecule has 1 aliphatic rings. The number of fused-ring (bicyclic) bond motifs is 1. The predicted molar refractivity (Wildman–Crippen MR) is 118 cm³/mol. The van der Waals surface area contributed by atoms with Crippen molar-refractivity contribution in [3.05, 3.63) is 59.5 Å². The van der Waals surface area contributed by atoms with E-state index in [4.69, 9.17) is 5.41 Å². The molecule has 154 valence electrons. The molecule has 2 unspecified atom stereocenters. The molecule has 0 radical (unpaired) electrons. The van der Waals surface area contributed by atoms with Gasteiger partial charge in [-0.2, -0.15) is 10.4 Å². The van der Waals surface area contributed by atoms with E-state index in [1.54, 1.807) is 12.4 Å². The van der Waals surface area contributed by atoms with E-state index in [2.05, 4.69) is 78.5 Å². The highest BCUT2D eigenvalue weighted by Crippen LogP contribution is 2.76. The van der Waals surface area contributed by atoms with E-state index in [1.165, 1.54) is 5.56 Å². The monoisotopic (exact) mass is 400 g/mol. The Bertz CT molecular complexity index is 1130. The maximum Gasteiger partial charge on any atom is 0.103 e. The molecule has 0 saturated heterocycles. The average molecular weight is 401 g/mol. The molecule has 2 aromatic heterocycles. The third-order valence-electron chi connectivity index (χ3n) is 7.65. The highest BCUT2D eigenvalue weighted by atomic mass is 15.1. The smallest absolute Gasteiger partial charge is 0.103 e. The van der Waals surface area contributed by atoms with Crippen LogP contribution in [0.5, 0.6) is 0 Å². The summed E-state index contributed by atoms with van der Waals surface area (Å²) in [6, 6.07) is 12.9. The first kappa shape index (κ1) is 20.2. The highest BCUT2D eigenvalue weighted by Gasteiger charge is 2.73. The first-order chi connectivity index (χ1) is 14.4. The Balaban J connectivity index is 1.51. The number of nitrogens with one attached hydrogen (secondary N) is 3. The molecule has 5 atom stereocenters. The largest absolute Gasteiger partial charge is 0.312 e. The van der Waals surface area contributed by atoms with Crippen molar-refractivity contribution in [3.8, 4) is 6.07 Å². The van der Waals surface area contributed by atoms with Gasteiger partial charge in [0, 0.05) is 41.7 Å². The zero-order valence-corrected chi connectivity index (χ0v) is 17.9. The summed E-state index contributed by atoms with van der Waals surface area (Å²) < 4.78 is 0. The Labute approximate surface area is 177 Å². The quantitative estimate of drug-likeness (QED) is 0.512. The fraction of sp³-hybridized carbons (Fsp3) is 0.417. The summed E-state index contributed by atoms with van der Waals surface area (Å²) >= 11 is 0. The van der Waals surface area contributed by atoms with Crippen molar-refractivity contribution in [2.24, 2.45) is 16.7 Å². The van der Waals surface area contributed by atoms with E-state index in [1.807, 2.05) is 12.3 Å². The first-order valence-corrected chi connectivity index (χ1v) is 10.4. The van der Waals surface area contributed by atoms with Crippen molar-refractivity contribution in [1.29, 1.82) is 10.7 Å². The van der Waals surface area contributed by atoms with Crippen LogP contribution in [0.25, 0.3) is 10.9 Å². The van der Waals surface area contributed by atoms with Crippen LogP contribution >= 0.6 is 0 Å². The molecule has 1 fully saturated rings. The number of aromatic amines is 1. The molecule has 1 aromatic carbocycles. The Hall–Kier alpha value is -3.04. The van der Waals surface area contributed by atoms with Crippen molar-refractivity contribution in [2.75, 3.05) is 0 Å². The number of rotatable bonds is 7. The molecule has 6 heteroatoms. The maximum absolute atomic E-state index is 9.45. The van der Waals surface area contributed by atoms with Gasteiger partial charge in [0.05, 0.1) is 23.0 Å². The lowest BCUT2D eigenvalue weighted by Crippen LogP contribution is -2.37. The van der Waals surface area contributed by atoms with Gasteiger partial charge in [-0.15, -0.1) is 0 Å². The molecule has 3 aromatic rings. The molecule has 1 aliphatic carbocycles. The Morgan fingerprint density at radius 3 is 2.87 bits per heavy atom. The van der Waals surface area contributed by atoms with Crippen molar-refractivity contribution >= 4 is 17.1 Å². The van der Waals surface area contributed by atoms with Gasteiger partial charge in [0.2, 0.25) is 0 Å².